The van der Waals surface area contributed by atoms with Gasteiger partial charge in [0.15, 0.2) is 17.4 Å². The number of amides is 1. The molecule has 10 heteroatoms. The van der Waals surface area contributed by atoms with Gasteiger partial charge in [0.05, 0.1) is 12.7 Å². The van der Waals surface area contributed by atoms with Gasteiger partial charge in [0, 0.05) is 16.8 Å². The van der Waals surface area contributed by atoms with Gasteiger partial charge in [-0.15, -0.1) is 22.7 Å². The molecule has 32 heavy (non-hydrogen) atoms. The number of benzene rings is 1. The molecular weight excluding hydrogens is 450 g/mol. The second-order valence-electron chi connectivity index (χ2n) is 7.05. The first-order valence-corrected chi connectivity index (χ1v) is 11.7. The highest BCUT2D eigenvalue weighted by Gasteiger charge is 2.28. The maximum Gasteiger partial charge on any atom is 0.358 e. The lowest BCUT2D eigenvalue weighted by molar-refractivity contribution is -0.119. The highest BCUT2D eigenvalue weighted by molar-refractivity contribution is 7.17. The number of carbonyl (C=O) groups excluding carboxylic acids is 3. The summed E-state index contributed by atoms with van der Waals surface area (Å²) in [6, 6.07) is 9.82. The molecule has 1 aliphatic rings. The summed E-state index contributed by atoms with van der Waals surface area (Å²) in [5.74, 6) is -1.69. The van der Waals surface area contributed by atoms with Crippen molar-refractivity contribution in [3.63, 3.8) is 0 Å². The predicted octanol–water partition coefficient (Wildman–Crippen LogP) is 3.89. The molecule has 0 bridgehead atoms. The zero-order valence-electron chi connectivity index (χ0n) is 17.3. The fourth-order valence-electron chi connectivity index (χ4n) is 3.40. The summed E-state index contributed by atoms with van der Waals surface area (Å²) in [5, 5.41) is 8.42. The number of aromatic nitrogens is 1. The molecule has 1 amide bonds. The Kier molecular flexibility index (Phi) is 6.81. The Hall–Kier alpha value is -3.24. The maximum atomic E-state index is 12.3. The molecule has 0 unspecified atom stereocenters. The van der Waals surface area contributed by atoms with E-state index < -0.39 is 24.5 Å². The van der Waals surface area contributed by atoms with E-state index in [4.69, 9.17) is 9.47 Å². The molecule has 1 aliphatic carbocycles. The first-order chi connectivity index (χ1) is 15.5. The van der Waals surface area contributed by atoms with Crippen molar-refractivity contribution in [2.75, 3.05) is 24.4 Å². The number of methoxy groups -OCH3 is 1. The highest BCUT2D eigenvalue weighted by atomic mass is 32.1. The van der Waals surface area contributed by atoms with E-state index in [9.17, 15) is 14.4 Å². The topological polar surface area (TPSA) is 107 Å². The predicted molar refractivity (Wildman–Crippen MR) is 122 cm³/mol. The lowest BCUT2D eigenvalue weighted by atomic mass is 10.1. The molecule has 0 saturated heterocycles. The number of esters is 2. The second kappa shape index (κ2) is 9.92. The lowest BCUT2D eigenvalue weighted by Crippen LogP contribution is -2.22. The molecular formula is C22H21N3O5S2. The van der Waals surface area contributed by atoms with Crippen molar-refractivity contribution < 1.29 is 23.9 Å². The van der Waals surface area contributed by atoms with Crippen LogP contribution in [0.1, 0.15) is 43.3 Å². The van der Waals surface area contributed by atoms with Crippen LogP contribution in [-0.2, 0) is 33.7 Å². The molecule has 0 aliphatic heterocycles. The van der Waals surface area contributed by atoms with Gasteiger partial charge < -0.3 is 20.1 Å². The van der Waals surface area contributed by atoms with Crippen LogP contribution in [0.25, 0.3) is 0 Å². The Balaban J connectivity index is 1.31. The van der Waals surface area contributed by atoms with Crippen molar-refractivity contribution in [1.29, 1.82) is 0 Å². The number of thiophene rings is 1. The average Bonchev–Trinajstić information content (AvgIpc) is 3.52. The molecule has 1 aromatic carbocycles. The van der Waals surface area contributed by atoms with Crippen LogP contribution in [0, 0.1) is 0 Å². The Morgan fingerprint density at radius 3 is 2.72 bits per heavy atom. The van der Waals surface area contributed by atoms with Crippen molar-refractivity contribution >= 4 is 50.7 Å². The highest BCUT2D eigenvalue weighted by Crippen LogP contribution is 2.39. The van der Waals surface area contributed by atoms with E-state index in [-0.39, 0.29) is 5.69 Å². The van der Waals surface area contributed by atoms with E-state index in [2.05, 4.69) is 15.6 Å². The molecule has 0 spiro atoms. The molecule has 2 aromatic heterocycles. The van der Waals surface area contributed by atoms with Gasteiger partial charge in [-0.25, -0.2) is 14.6 Å². The van der Waals surface area contributed by atoms with Gasteiger partial charge in [-0.3, -0.25) is 4.79 Å². The molecule has 2 N–H and O–H groups in total. The number of ether oxygens (including phenoxy) is 2. The normalized spacial score (nSPS) is 12.2. The minimum atomic E-state index is -0.689. The SMILES string of the molecule is COC(=O)c1c(NC(=O)COC(=O)c2csc(NCc3ccccc3)n2)sc2c1CCC2. The maximum absolute atomic E-state index is 12.3. The summed E-state index contributed by atoms with van der Waals surface area (Å²) >= 11 is 2.65. The number of anilines is 2. The summed E-state index contributed by atoms with van der Waals surface area (Å²) in [7, 11) is 1.31. The Bertz CT molecular complexity index is 1140. The van der Waals surface area contributed by atoms with Crippen LogP contribution in [0.5, 0.6) is 0 Å². The number of fused-ring (bicyclic) bond motifs is 1. The Labute approximate surface area is 192 Å². The third kappa shape index (κ3) is 4.97. The quantitative estimate of drug-likeness (QED) is 0.480. The van der Waals surface area contributed by atoms with Gasteiger partial charge >= 0.3 is 11.9 Å². The smallest absolute Gasteiger partial charge is 0.358 e. The molecule has 8 nitrogen and oxygen atoms in total. The van der Waals surface area contributed by atoms with E-state index in [1.807, 2.05) is 30.3 Å². The van der Waals surface area contributed by atoms with Crippen LogP contribution in [0.3, 0.4) is 0 Å². The zero-order valence-corrected chi connectivity index (χ0v) is 18.9. The summed E-state index contributed by atoms with van der Waals surface area (Å²) in [6.07, 6.45) is 2.64. The van der Waals surface area contributed by atoms with Crippen molar-refractivity contribution in [1.82, 2.24) is 4.98 Å². The number of rotatable bonds is 8. The van der Waals surface area contributed by atoms with E-state index in [0.717, 1.165) is 35.3 Å². The third-order valence-electron chi connectivity index (χ3n) is 4.90. The van der Waals surface area contributed by atoms with Crippen molar-refractivity contribution in [2.24, 2.45) is 0 Å². The molecule has 0 saturated carbocycles. The largest absolute Gasteiger partial charge is 0.465 e. The minimum absolute atomic E-state index is 0.128. The number of aryl methyl sites for hydroxylation is 1. The van der Waals surface area contributed by atoms with Crippen LogP contribution in [0.2, 0.25) is 0 Å². The van der Waals surface area contributed by atoms with E-state index in [1.165, 1.54) is 29.8 Å². The average molecular weight is 472 g/mol. The van der Waals surface area contributed by atoms with E-state index in [0.29, 0.717) is 22.2 Å². The number of nitrogens with zero attached hydrogens (tertiary/aromatic N) is 1. The molecule has 0 fully saturated rings. The zero-order chi connectivity index (χ0) is 22.5. The summed E-state index contributed by atoms with van der Waals surface area (Å²) in [4.78, 5) is 42.1. The Morgan fingerprint density at radius 2 is 1.94 bits per heavy atom. The van der Waals surface area contributed by atoms with Crippen molar-refractivity contribution in [3.05, 3.63) is 63.0 Å². The van der Waals surface area contributed by atoms with Crippen LogP contribution >= 0.6 is 22.7 Å². The Morgan fingerprint density at radius 1 is 1.12 bits per heavy atom. The summed E-state index contributed by atoms with van der Waals surface area (Å²) < 4.78 is 9.96. The molecule has 0 atom stereocenters. The van der Waals surface area contributed by atoms with Crippen LogP contribution in [-0.4, -0.2) is 36.5 Å². The van der Waals surface area contributed by atoms with E-state index in [1.54, 1.807) is 5.38 Å². The number of hydrogen-bond donors (Lipinski definition) is 2. The van der Waals surface area contributed by atoms with Crippen LogP contribution in [0.15, 0.2) is 35.7 Å². The first kappa shape index (κ1) is 22.0. The second-order valence-corrected chi connectivity index (χ2v) is 9.02. The molecule has 3 aromatic rings. The summed E-state index contributed by atoms with van der Waals surface area (Å²) in [6.45, 7) is 0.102. The fourth-order valence-corrected chi connectivity index (χ4v) is 5.37. The van der Waals surface area contributed by atoms with Crippen molar-refractivity contribution in [2.45, 2.75) is 25.8 Å². The number of hydrogen-bond acceptors (Lipinski definition) is 9. The van der Waals surface area contributed by atoms with Gasteiger partial charge in [-0.05, 0) is 30.4 Å². The van der Waals surface area contributed by atoms with Crippen molar-refractivity contribution in [3.8, 4) is 0 Å². The van der Waals surface area contributed by atoms with Gasteiger partial charge in [-0.2, -0.15) is 0 Å². The minimum Gasteiger partial charge on any atom is -0.465 e. The van der Waals surface area contributed by atoms with Crippen LogP contribution < -0.4 is 10.6 Å². The first-order valence-electron chi connectivity index (χ1n) is 9.98. The number of thiazole rings is 1. The lowest BCUT2D eigenvalue weighted by Gasteiger charge is -2.07. The van der Waals surface area contributed by atoms with Gasteiger partial charge in [0.2, 0.25) is 0 Å². The van der Waals surface area contributed by atoms with E-state index >= 15 is 0 Å². The van der Waals surface area contributed by atoms with Crippen LogP contribution in [0.4, 0.5) is 10.1 Å². The molecule has 4 rings (SSSR count). The monoisotopic (exact) mass is 471 g/mol. The van der Waals surface area contributed by atoms with Gasteiger partial charge in [-0.1, -0.05) is 30.3 Å². The fraction of sp³-hybridized carbons (Fsp3) is 0.273. The molecule has 2 heterocycles. The standard InChI is InChI=1S/C22H21N3O5S2/c1-29-21(28)18-14-8-5-9-16(14)32-19(18)25-17(26)11-30-20(27)15-12-31-22(24-15)23-10-13-6-3-2-4-7-13/h2-4,6-7,12H,5,8-11H2,1H3,(H,23,24)(H,25,26). The molecule has 0 radical (unpaired) electrons. The third-order valence-corrected chi connectivity index (χ3v) is 6.91. The molecule has 166 valence electrons. The number of nitrogens with one attached hydrogen (secondary N) is 2. The number of carbonyl (C=O) groups is 3. The van der Waals surface area contributed by atoms with Gasteiger partial charge in [0.1, 0.15) is 5.00 Å². The van der Waals surface area contributed by atoms with Gasteiger partial charge in [0.25, 0.3) is 5.91 Å². The summed E-state index contributed by atoms with van der Waals surface area (Å²) in [5.41, 5.74) is 2.56.